The fraction of sp³-hybridized carbons (Fsp3) is 0.200. The molecule has 0 spiro atoms. The van der Waals surface area contributed by atoms with E-state index >= 15 is 0 Å². The number of para-hydroxylation sites is 1. The molecular formula is C20H19N3O2. The van der Waals surface area contributed by atoms with E-state index in [-0.39, 0.29) is 5.91 Å². The van der Waals surface area contributed by atoms with Crippen LogP contribution in [0.3, 0.4) is 0 Å². The number of amides is 1. The molecule has 5 nitrogen and oxygen atoms in total. The van der Waals surface area contributed by atoms with Gasteiger partial charge in [0.15, 0.2) is 0 Å². The average Bonchev–Trinajstić information content (AvgIpc) is 3.17. The standard InChI is InChI=1S/C20H19N3O2/c1-20(10-15-4-2-3-5-18(15)25-13-20)19(24)23-17-8-6-14(7-9-17)16-11-21-22-12-16/h2-9,11-12H,10,13H2,1H3,(H,21,22)(H,23,24). The first kappa shape index (κ1) is 15.4. The highest BCUT2D eigenvalue weighted by molar-refractivity contribution is 5.95. The van der Waals surface area contributed by atoms with E-state index in [0.29, 0.717) is 13.0 Å². The molecule has 0 aliphatic carbocycles. The third-order valence-corrected chi connectivity index (χ3v) is 4.62. The van der Waals surface area contributed by atoms with E-state index in [1.165, 1.54) is 0 Å². The predicted molar refractivity (Wildman–Crippen MR) is 96.4 cm³/mol. The number of carbonyl (C=O) groups is 1. The zero-order valence-corrected chi connectivity index (χ0v) is 14.0. The van der Waals surface area contributed by atoms with Crippen LogP contribution in [0.4, 0.5) is 5.69 Å². The van der Waals surface area contributed by atoms with Crippen molar-refractivity contribution in [2.45, 2.75) is 13.3 Å². The van der Waals surface area contributed by atoms with Gasteiger partial charge in [0.2, 0.25) is 5.91 Å². The number of nitrogens with zero attached hydrogens (tertiary/aromatic N) is 1. The SMILES string of the molecule is CC1(C(=O)Nc2ccc(-c3cn[nH]c3)cc2)COc2ccccc2C1. The van der Waals surface area contributed by atoms with Gasteiger partial charge in [0.05, 0.1) is 11.6 Å². The minimum absolute atomic E-state index is 0.0296. The lowest BCUT2D eigenvalue weighted by atomic mass is 9.81. The zero-order chi connectivity index (χ0) is 17.3. The first-order valence-electron chi connectivity index (χ1n) is 8.25. The average molecular weight is 333 g/mol. The third-order valence-electron chi connectivity index (χ3n) is 4.62. The van der Waals surface area contributed by atoms with E-state index < -0.39 is 5.41 Å². The van der Waals surface area contributed by atoms with Gasteiger partial charge in [-0.2, -0.15) is 5.10 Å². The van der Waals surface area contributed by atoms with Crippen molar-refractivity contribution in [1.82, 2.24) is 10.2 Å². The van der Waals surface area contributed by atoms with Crippen molar-refractivity contribution < 1.29 is 9.53 Å². The van der Waals surface area contributed by atoms with Crippen molar-refractivity contribution in [1.29, 1.82) is 0 Å². The summed E-state index contributed by atoms with van der Waals surface area (Å²) in [6.07, 6.45) is 4.28. The van der Waals surface area contributed by atoms with Crippen LogP contribution in [0.1, 0.15) is 12.5 Å². The van der Waals surface area contributed by atoms with E-state index in [0.717, 1.165) is 28.1 Å². The van der Waals surface area contributed by atoms with Crippen LogP contribution >= 0.6 is 0 Å². The van der Waals surface area contributed by atoms with E-state index in [9.17, 15) is 4.79 Å². The zero-order valence-electron chi connectivity index (χ0n) is 14.0. The number of aromatic nitrogens is 2. The van der Waals surface area contributed by atoms with Gasteiger partial charge in [-0.1, -0.05) is 30.3 Å². The minimum atomic E-state index is -0.586. The molecule has 0 bridgehead atoms. The summed E-state index contributed by atoms with van der Waals surface area (Å²) in [5, 5.41) is 9.76. The second-order valence-corrected chi connectivity index (χ2v) is 6.65. The molecule has 25 heavy (non-hydrogen) atoms. The monoisotopic (exact) mass is 333 g/mol. The molecule has 1 aliphatic heterocycles. The summed E-state index contributed by atoms with van der Waals surface area (Å²) in [4.78, 5) is 12.8. The maximum absolute atomic E-state index is 12.8. The van der Waals surface area contributed by atoms with E-state index in [1.807, 2.05) is 61.7 Å². The molecule has 0 saturated carbocycles. The number of nitrogens with one attached hydrogen (secondary N) is 2. The first-order chi connectivity index (χ1) is 12.1. The fourth-order valence-electron chi connectivity index (χ4n) is 3.08. The van der Waals surface area contributed by atoms with Crippen molar-refractivity contribution in [3.63, 3.8) is 0 Å². The molecule has 1 amide bonds. The predicted octanol–water partition coefficient (Wildman–Crippen LogP) is 3.66. The van der Waals surface area contributed by atoms with E-state index in [2.05, 4.69) is 15.5 Å². The van der Waals surface area contributed by atoms with Crippen LogP contribution < -0.4 is 10.1 Å². The molecule has 2 N–H and O–H groups in total. The third kappa shape index (κ3) is 3.01. The lowest BCUT2D eigenvalue weighted by Gasteiger charge is -2.33. The maximum Gasteiger partial charge on any atom is 0.234 e. The number of H-pyrrole nitrogens is 1. The van der Waals surface area contributed by atoms with Crippen LogP contribution in [0.25, 0.3) is 11.1 Å². The van der Waals surface area contributed by atoms with Crippen LogP contribution in [0.15, 0.2) is 60.9 Å². The van der Waals surface area contributed by atoms with Crippen molar-refractivity contribution in [2.75, 3.05) is 11.9 Å². The van der Waals surface area contributed by atoms with Gasteiger partial charge in [-0.3, -0.25) is 9.89 Å². The summed E-state index contributed by atoms with van der Waals surface area (Å²) in [5.41, 5.74) is 3.33. The van der Waals surface area contributed by atoms with Crippen molar-refractivity contribution in [3.8, 4) is 16.9 Å². The molecule has 0 saturated heterocycles. The number of carbonyl (C=O) groups excluding carboxylic acids is 1. The molecule has 3 aromatic rings. The van der Waals surface area contributed by atoms with Crippen molar-refractivity contribution >= 4 is 11.6 Å². The Morgan fingerprint density at radius 1 is 1.16 bits per heavy atom. The van der Waals surface area contributed by atoms with Gasteiger partial charge in [-0.05, 0) is 42.7 Å². The number of benzene rings is 2. The molecule has 5 heteroatoms. The normalized spacial score (nSPS) is 18.9. The summed E-state index contributed by atoms with van der Waals surface area (Å²) in [5.74, 6) is 0.843. The Balaban J connectivity index is 1.48. The highest BCUT2D eigenvalue weighted by Gasteiger charge is 2.38. The number of aromatic amines is 1. The minimum Gasteiger partial charge on any atom is -0.492 e. The largest absolute Gasteiger partial charge is 0.492 e. The second-order valence-electron chi connectivity index (χ2n) is 6.65. The highest BCUT2D eigenvalue weighted by Crippen LogP contribution is 2.35. The number of rotatable bonds is 3. The Labute approximate surface area is 146 Å². The van der Waals surface area contributed by atoms with Crippen LogP contribution in [-0.4, -0.2) is 22.7 Å². The Morgan fingerprint density at radius 2 is 1.96 bits per heavy atom. The summed E-state index contributed by atoms with van der Waals surface area (Å²) in [6, 6.07) is 15.6. The molecule has 0 fully saturated rings. The quantitative estimate of drug-likeness (QED) is 0.769. The maximum atomic E-state index is 12.8. The van der Waals surface area contributed by atoms with Crippen molar-refractivity contribution in [3.05, 3.63) is 66.5 Å². The molecule has 1 unspecified atom stereocenters. The lowest BCUT2D eigenvalue weighted by Crippen LogP contribution is -2.42. The number of hydrogen-bond acceptors (Lipinski definition) is 3. The number of ether oxygens (including phenoxy) is 1. The topological polar surface area (TPSA) is 67.0 Å². The summed E-state index contributed by atoms with van der Waals surface area (Å²) in [7, 11) is 0. The van der Waals surface area contributed by atoms with Gasteiger partial charge < -0.3 is 10.1 Å². The van der Waals surface area contributed by atoms with Crippen LogP contribution in [0.2, 0.25) is 0 Å². The Hall–Kier alpha value is -3.08. The van der Waals surface area contributed by atoms with Crippen LogP contribution in [-0.2, 0) is 11.2 Å². The molecule has 1 atom stereocenters. The van der Waals surface area contributed by atoms with E-state index in [4.69, 9.17) is 4.74 Å². The summed E-state index contributed by atoms with van der Waals surface area (Å²) >= 11 is 0. The molecule has 1 aliphatic rings. The molecule has 4 rings (SSSR count). The second kappa shape index (κ2) is 6.09. The van der Waals surface area contributed by atoms with Gasteiger partial charge in [-0.25, -0.2) is 0 Å². The van der Waals surface area contributed by atoms with Gasteiger partial charge in [0.1, 0.15) is 12.4 Å². The lowest BCUT2D eigenvalue weighted by molar-refractivity contribution is -0.127. The highest BCUT2D eigenvalue weighted by atomic mass is 16.5. The molecule has 0 radical (unpaired) electrons. The molecule has 126 valence electrons. The molecule has 2 aromatic carbocycles. The Kier molecular flexibility index (Phi) is 3.76. The number of hydrogen-bond donors (Lipinski definition) is 2. The van der Waals surface area contributed by atoms with E-state index in [1.54, 1.807) is 6.20 Å². The summed E-state index contributed by atoms with van der Waals surface area (Å²) < 4.78 is 5.79. The van der Waals surface area contributed by atoms with Crippen LogP contribution in [0, 0.1) is 5.41 Å². The number of anilines is 1. The summed E-state index contributed by atoms with van der Waals surface area (Å²) in [6.45, 7) is 2.32. The van der Waals surface area contributed by atoms with Crippen molar-refractivity contribution in [2.24, 2.45) is 5.41 Å². The molecule has 1 aromatic heterocycles. The van der Waals surface area contributed by atoms with Gasteiger partial charge >= 0.3 is 0 Å². The smallest absolute Gasteiger partial charge is 0.234 e. The fourth-order valence-corrected chi connectivity index (χ4v) is 3.08. The van der Waals surface area contributed by atoms with Crippen LogP contribution in [0.5, 0.6) is 5.75 Å². The Morgan fingerprint density at radius 3 is 2.72 bits per heavy atom. The van der Waals surface area contributed by atoms with Gasteiger partial charge in [0, 0.05) is 17.4 Å². The first-order valence-corrected chi connectivity index (χ1v) is 8.25. The van der Waals surface area contributed by atoms with Gasteiger partial charge in [0.25, 0.3) is 0 Å². The molecular weight excluding hydrogens is 314 g/mol. The Bertz CT molecular complexity index is 888. The van der Waals surface area contributed by atoms with Gasteiger partial charge in [-0.15, -0.1) is 0 Å². The molecule has 2 heterocycles. The number of fused-ring (bicyclic) bond motifs is 1.